The van der Waals surface area contributed by atoms with E-state index in [0.29, 0.717) is 45.6 Å². The molecule has 0 saturated heterocycles. The van der Waals surface area contributed by atoms with E-state index in [4.69, 9.17) is 4.74 Å². The number of halogens is 2. The standard InChI is InChI=1S/C27H29FN4O4S.C22H21FN4O2S/c1-18-8-11-24(23(28)13-18)30-20-9-10-22-19(16-31(5)26(33)36-27(2,3)4)17-32(25(22)14-20)37(34,35)21-7-6-12-29-15-21;1-15-5-8-21(20(23)10-15)26-17-6-7-19-16(12-24-2)14-27(22(19)11-17)30(28,29)18-4-3-9-25-13-18/h6-15,17,30H,16H2,1-5H3;3-11,13-14,24,26H,12H2,1-2H3. The Morgan fingerprint density at radius 3 is 1.57 bits per heavy atom. The van der Waals surface area contributed by atoms with Crippen molar-refractivity contribution in [2.24, 2.45) is 0 Å². The summed E-state index contributed by atoms with van der Waals surface area (Å²) in [6.07, 6.45) is 8.18. The van der Waals surface area contributed by atoms with Crippen molar-refractivity contribution in [2.45, 2.75) is 63.1 Å². The molecule has 0 bridgehead atoms. The maximum absolute atomic E-state index is 14.5. The summed E-state index contributed by atoms with van der Waals surface area (Å²) in [4.78, 5) is 21.9. The van der Waals surface area contributed by atoms with Crippen LogP contribution in [0.25, 0.3) is 21.8 Å². The third-order valence-corrected chi connectivity index (χ3v) is 13.7. The van der Waals surface area contributed by atoms with Gasteiger partial charge in [0.2, 0.25) is 0 Å². The van der Waals surface area contributed by atoms with Crippen molar-refractivity contribution in [3.63, 3.8) is 0 Å². The average molecular weight is 949 g/mol. The summed E-state index contributed by atoms with van der Waals surface area (Å²) in [6.45, 7) is 9.55. The van der Waals surface area contributed by atoms with Crippen LogP contribution >= 0.6 is 0 Å². The number of nitrogens with one attached hydrogen (secondary N) is 3. The lowest BCUT2D eigenvalue weighted by atomic mass is 10.1. The summed E-state index contributed by atoms with van der Waals surface area (Å²) in [7, 11) is -4.47. The SMILES string of the molecule is CNCc1cn(S(=O)(=O)c2cccnc2)c2cc(Nc3ccc(C)cc3F)ccc12.Cc1ccc(Nc2ccc3c(CN(C)C(=O)OC(C)(C)C)cn(S(=O)(=O)c4cccnc4)c3c2)c(F)c1. The fraction of sp³-hybridized carbons (Fsp3) is 0.204. The third kappa shape index (κ3) is 10.8. The Kier molecular flexibility index (Phi) is 13.8. The van der Waals surface area contributed by atoms with Gasteiger partial charge in [-0.25, -0.2) is 38.4 Å². The lowest BCUT2D eigenvalue weighted by molar-refractivity contribution is 0.0285. The smallest absolute Gasteiger partial charge is 0.410 e. The predicted molar refractivity (Wildman–Crippen MR) is 257 cm³/mol. The van der Waals surface area contributed by atoms with E-state index in [0.717, 1.165) is 26.0 Å². The lowest BCUT2D eigenvalue weighted by Gasteiger charge is -2.24. The Bertz CT molecular complexity index is 3320. The first-order chi connectivity index (χ1) is 31.7. The summed E-state index contributed by atoms with van der Waals surface area (Å²) >= 11 is 0. The number of hydrogen-bond acceptors (Lipinski definition) is 11. The highest BCUT2D eigenvalue weighted by atomic mass is 32.2. The zero-order valence-corrected chi connectivity index (χ0v) is 39.5. The molecular weight excluding hydrogens is 899 g/mol. The van der Waals surface area contributed by atoms with Gasteiger partial charge in [-0.05, 0) is 137 Å². The van der Waals surface area contributed by atoms with E-state index in [2.05, 4.69) is 25.9 Å². The average Bonchev–Trinajstić information content (AvgIpc) is 3.84. The van der Waals surface area contributed by atoms with Crippen LogP contribution in [-0.2, 0) is 37.9 Å². The van der Waals surface area contributed by atoms with Gasteiger partial charge in [0, 0.05) is 72.9 Å². The molecule has 8 rings (SSSR count). The van der Waals surface area contributed by atoms with Crippen LogP contribution in [0.1, 0.15) is 43.0 Å². The summed E-state index contributed by atoms with van der Waals surface area (Å²) in [5.41, 5.74) is 4.93. The predicted octanol–water partition coefficient (Wildman–Crippen LogP) is 10.0. The molecule has 0 radical (unpaired) electrons. The topological polar surface area (TPSA) is 170 Å². The molecule has 0 unspecified atom stereocenters. The third-order valence-electron chi connectivity index (χ3n) is 10.4. The molecular formula is C49H50F2N8O6S2. The number of hydrogen-bond donors (Lipinski definition) is 3. The number of aromatic nitrogens is 4. The van der Waals surface area contributed by atoms with Crippen molar-refractivity contribution in [1.29, 1.82) is 0 Å². The van der Waals surface area contributed by atoms with Crippen LogP contribution in [-0.4, -0.2) is 65.4 Å². The van der Waals surface area contributed by atoms with Crippen molar-refractivity contribution in [1.82, 2.24) is 28.1 Å². The number of fused-ring (bicyclic) bond motifs is 2. The van der Waals surface area contributed by atoms with Crippen molar-refractivity contribution in [3.8, 4) is 0 Å². The van der Waals surface area contributed by atoms with Gasteiger partial charge in [0.25, 0.3) is 20.0 Å². The number of pyridine rings is 2. The first-order valence-corrected chi connectivity index (χ1v) is 23.9. The fourth-order valence-electron chi connectivity index (χ4n) is 7.18. The van der Waals surface area contributed by atoms with Gasteiger partial charge in [0.15, 0.2) is 0 Å². The van der Waals surface area contributed by atoms with E-state index >= 15 is 0 Å². The molecule has 0 fully saturated rings. The molecule has 0 saturated carbocycles. The molecule has 18 heteroatoms. The number of anilines is 4. The molecule has 8 aromatic rings. The Labute approximate surface area is 388 Å². The van der Waals surface area contributed by atoms with Gasteiger partial charge >= 0.3 is 6.09 Å². The quantitative estimate of drug-likeness (QED) is 0.107. The molecule has 67 heavy (non-hydrogen) atoms. The van der Waals surface area contributed by atoms with E-state index in [-0.39, 0.29) is 27.8 Å². The Balaban J connectivity index is 0.000000203. The zero-order chi connectivity index (χ0) is 48.3. The molecule has 3 N–H and O–H groups in total. The van der Waals surface area contributed by atoms with E-state index in [9.17, 15) is 30.4 Å². The summed E-state index contributed by atoms with van der Waals surface area (Å²) in [6, 6.07) is 26.3. The highest BCUT2D eigenvalue weighted by Crippen LogP contribution is 2.33. The van der Waals surface area contributed by atoms with E-state index in [1.54, 1.807) is 103 Å². The van der Waals surface area contributed by atoms with Crippen molar-refractivity contribution in [3.05, 3.63) is 168 Å². The molecule has 0 atom stereocenters. The van der Waals surface area contributed by atoms with Gasteiger partial charge in [-0.2, -0.15) is 0 Å². The second-order valence-corrected chi connectivity index (χ2v) is 20.5. The van der Waals surface area contributed by atoms with Gasteiger partial charge in [0.05, 0.1) is 29.0 Å². The Morgan fingerprint density at radius 1 is 0.687 bits per heavy atom. The maximum Gasteiger partial charge on any atom is 0.410 e. The minimum atomic E-state index is -4.02. The molecule has 1 amide bonds. The summed E-state index contributed by atoms with van der Waals surface area (Å²) < 4.78 is 90.2. The first-order valence-electron chi connectivity index (χ1n) is 21.0. The van der Waals surface area contributed by atoms with Gasteiger partial charge in [-0.3, -0.25) is 9.97 Å². The van der Waals surface area contributed by atoms with E-state index < -0.39 is 37.6 Å². The van der Waals surface area contributed by atoms with Crippen molar-refractivity contribution >= 4 is 70.7 Å². The van der Waals surface area contributed by atoms with Crippen LogP contribution in [0.15, 0.2) is 144 Å². The Morgan fingerprint density at radius 2 is 1.15 bits per heavy atom. The molecule has 4 aromatic carbocycles. The van der Waals surface area contributed by atoms with E-state index in [1.165, 1.54) is 64.1 Å². The number of rotatable bonds is 12. The monoisotopic (exact) mass is 948 g/mol. The largest absolute Gasteiger partial charge is 0.444 e. The van der Waals surface area contributed by atoms with Gasteiger partial charge in [-0.15, -0.1) is 0 Å². The number of nitrogens with zero attached hydrogens (tertiary/aromatic N) is 5. The fourth-order valence-corrected chi connectivity index (χ4v) is 9.88. The normalized spacial score (nSPS) is 11.8. The van der Waals surface area contributed by atoms with Crippen LogP contribution in [0.2, 0.25) is 0 Å². The van der Waals surface area contributed by atoms with Gasteiger partial charge < -0.3 is 25.6 Å². The molecule has 4 aromatic heterocycles. The van der Waals surface area contributed by atoms with Crippen LogP contribution in [0.4, 0.5) is 36.3 Å². The Hall–Kier alpha value is -7.15. The minimum absolute atomic E-state index is 0.0156. The molecule has 348 valence electrons. The van der Waals surface area contributed by atoms with Crippen LogP contribution in [0.3, 0.4) is 0 Å². The minimum Gasteiger partial charge on any atom is -0.444 e. The molecule has 0 aliphatic heterocycles. The second-order valence-electron chi connectivity index (χ2n) is 16.8. The number of ether oxygens (including phenoxy) is 1. The van der Waals surface area contributed by atoms with Crippen molar-refractivity contribution < 1.29 is 35.1 Å². The number of carbonyl (C=O) groups is 1. The molecule has 4 heterocycles. The van der Waals surface area contributed by atoms with Crippen molar-refractivity contribution in [2.75, 3.05) is 24.7 Å². The number of carbonyl (C=O) groups excluding carboxylic acids is 1. The van der Waals surface area contributed by atoms with E-state index in [1.807, 2.05) is 25.1 Å². The first kappa shape index (κ1) is 47.8. The highest BCUT2D eigenvalue weighted by molar-refractivity contribution is 7.90. The molecule has 0 aliphatic rings. The maximum atomic E-state index is 14.5. The molecule has 14 nitrogen and oxygen atoms in total. The van der Waals surface area contributed by atoms with Gasteiger partial charge in [0.1, 0.15) is 27.0 Å². The second kappa shape index (κ2) is 19.4. The summed E-state index contributed by atoms with van der Waals surface area (Å²) in [5.74, 6) is -0.789. The number of amides is 1. The zero-order valence-electron chi connectivity index (χ0n) is 37.9. The van der Waals surface area contributed by atoms with Crippen LogP contribution < -0.4 is 16.0 Å². The molecule has 0 spiro atoms. The van der Waals surface area contributed by atoms with Crippen LogP contribution in [0, 0.1) is 25.5 Å². The van der Waals surface area contributed by atoms with Gasteiger partial charge in [-0.1, -0.05) is 24.3 Å². The highest BCUT2D eigenvalue weighted by Gasteiger charge is 2.26. The lowest BCUT2D eigenvalue weighted by Crippen LogP contribution is -2.33. The van der Waals surface area contributed by atoms with Crippen LogP contribution in [0.5, 0.6) is 0 Å². The molecule has 0 aliphatic carbocycles. The summed E-state index contributed by atoms with van der Waals surface area (Å²) in [5, 5.41) is 10.5. The number of aryl methyl sites for hydroxylation is 2. The number of benzene rings is 4.